The zero-order chi connectivity index (χ0) is 16.8. The fourth-order valence-corrected chi connectivity index (χ4v) is 3.36. The van der Waals surface area contributed by atoms with Crippen LogP contribution in [0, 0.1) is 0 Å². The van der Waals surface area contributed by atoms with Gasteiger partial charge in [-0.3, -0.25) is 14.3 Å². The number of anilines is 2. The molecular weight excluding hydrogens is 320 g/mol. The molecule has 2 aliphatic rings. The first-order valence-corrected chi connectivity index (χ1v) is 8.06. The summed E-state index contributed by atoms with van der Waals surface area (Å²) in [6.45, 7) is 0.822. The highest BCUT2D eigenvalue weighted by Gasteiger charge is 2.37. The van der Waals surface area contributed by atoms with Gasteiger partial charge in [0.05, 0.1) is 12.4 Å². The lowest BCUT2D eigenvalue weighted by Gasteiger charge is -2.31. The Labute approximate surface area is 142 Å². The van der Waals surface area contributed by atoms with Crippen molar-refractivity contribution in [2.24, 2.45) is 0 Å². The molecule has 9 nitrogen and oxygen atoms in total. The topological polar surface area (TPSA) is 102 Å². The lowest BCUT2D eigenvalue weighted by molar-refractivity contribution is -0.117. The van der Waals surface area contributed by atoms with Gasteiger partial charge in [-0.05, 0) is 12.8 Å². The summed E-state index contributed by atoms with van der Waals surface area (Å²) in [7, 11) is 0. The summed E-state index contributed by atoms with van der Waals surface area (Å²) in [6, 6.07) is -0.141. The van der Waals surface area contributed by atoms with Gasteiger partial charge in [0, 0.05) is 31.3 Å². The molecule has 3 aromatic rings. The van der Waals surface area contributed by atoms with E-state index in [4.69, 9.17) is 4.98 Å². The zero-order valence-corrected chi connectivity index (χ0v) is 13.2. The molecule has 0 saturated carbocycles. The number of hydrogen-bond donors (Lipinski definition) is 1. The average Bonchev–Trinajstić information content (AvgIpc) is 3.32. The van der Waals surface area contributed by atoms with E-state index in [0.717, 1.165) is 25.2 Å². The van der Waals surface area contributed by atoms with E-state index in [-0.39, 0.29) is 11.9 Å². The third kappa shape index (κ3) is 2.16. The second kappa shape index (κ2) is 5.33. The normalized spacial score (nSPS) is 18.6. The first-order chi connectivity index (χ1) is 12.3. The summed E-state index contributed by atoms with van der Waals surface area (Å²) >= 11 is 0. The number of nitrogens with zero attached hydrogens (tertiary/aromatic N) is 7. The van der Waals surface area contributed by atoms with Crippen LogP contribution in [0.1, 0.15) is 12.8 Å². The van der Waals surface area contributed by atoms with Crippen LogP contribution in [-0.4, -0.2) is 48.0 Å². The largest absolute Gasteiger partial charge is 0.343 e. The molecule has 0 radical (unpaired) electrons. The van der Waals surface area contributed by atoms with Gasteiger partial charge in [-0.25, -0.2) is 15.0 Å². The number of carbonyl (C=O) groups is 1. The maximum Gasteiger partial charge on any atom is 0.247 e. The minimum Gasteiger partial charge on any atom is -0.343 e. The highest BCUT2D eigenvalue weighted by Crippen LogP contribution is 2.35. The van der Waals surface area contributed by atoms with Crippen molar-refractivity contribution in [1.29, 1.82) is 0 Å². The first kappa shape index (κ1) is 14.0. The summed E-state index contributed by atoms with van der Waals surface area (Å²) in [5.74, 6) is 1.87. The fraction of sp³-hybridized carbons (Fsp3) is 0.250. The van der Waals surface area contributed by atoms with Gasteiger partial charge in [0.25, 0.3) is 0 Å². The maximum absolute atomic E-state index is 12.2. The molecule has 0 aliphatic carbocycles. The van der Waals surface area contributed by atoms with Crippen LogP contribution in [0.3, 0.4) is 0 Å². The van der Waals surface area contributed by atoms with E-state index in [1.807, 2.05) is 0 Å². The molecule has 1 unspecified atom stereocenters. The van der Waals surface area contributed by atoms with Crippen LogP contribution in [0.25, 0.3) is 17.5 Å². The highest BCUT2D eigenvalue weighted by molar-refractivity contribution is 6.03. The maximum atomic E-state index is 12.2. The molecule has 5 rings (SSSR count). The van der Waals surface area contributed by atoms with Gasteiger partial charge in [0.15, 0.2) is 11.6 Å². The smallest absolute Gasteiger partial charge is 0.247 e. The molecule has 124 valence electrons. The number of fused-ring (bicyclic) bond motifs is 3. The molecule has 1 atom stereocenters. The molecule has 1 N–H and O–H groups in total. The number of carbonyl (C=O) groups excluding carboxylic acids is 1. The van der Waals surface area contributed by atoms with E-state index >= 15 is 0 Å². The third-order valence-electron chi connectivity index (χ3n) is 4.49. The molecule has 0 aromatic carbocycles. The molecular formula is C16H14N8O. The quantitative estimate of drug-likeness (QED) is 0.747. The van der Waals surface area contributed by atoms with E-state index < -0.39 is 0 Å². The monoisotopic (exact) mass is 334 g/mol. The third-order valence-corrected chi connectivity index (χ3v) is 4.49. The van der Waals surface area contributed by atoms with E-state index in [1.165, 1.54) is 0 Å². The number of aromatic nitrogens is 6. The second-order valence-corrected chi connectivity index (χ2v) is 5.96. The van der Waals surface area contributed by atoms with Crippen molar-refractivity contribution in [3.63, 3.8) is 0 Å². The van der Waals surface area contributed by atoms with Crippen LogP contribution in [0.5, 0.6) is 0 Å². The summed E-state index contributed by atoms with van der Waals surface area (Å²) in [4.78, 5) is 36.0. The molecule has 0 spiro atoms. The average molecular weight is 334 g/mol. The van der Waals surface area contributed by atoms with Gasteiger partial charge in [0.1, 0.15) is 17.4 Å². The number of nitrogens with one attached hydrogen (secondary N) is 1. The number of hydrogen-bond acceptors (Lipinski definition) is 7. The number of amides is 1. The minimum absolute atomic E-state index is 0.0178. The summed E-state index contributed by atoms with van der Waals surface area (Å²) in [6.07, 6.45) is 11.8. The number of rotatable bonds is 2. The standard InChI is InChI=1S/C16H14N8O/c25-15-12-2-1-6-23(12)14-11(21-15)9-20-16(22-14)24-7-5-19-13(24)10-8-17-3-4-18-10/h3-5,7-9,12H,1-2,6H2,(H,21,25). The summed E-state index contributed by atoms with van der Waals surface area (Å²) in [5, 5.41) is 2.90. The Morgan fingerprint density at radius 3 is 2.96 bits per heavy atom. The Hall–Kier alpha value is -3.36. The Morgan fingerprint density at radius 1 is 1.12 bits per heavy atom. The molecule has 9 heteroatoms. The van der Waals surface area contributed by atoms with Crippen molar-refractivity contribution in [3.8, 4) is 17.5 Å². The Balaban J connectivity index is 1.61. The van der Waals surface area contributed by atoms with E-state index in [9.17, 15) is 4.79 Å². The van der Waals surface area contributed by atoms with E-state index in [1.54, 1.807) is 41.7 Å². The Kier molecular flexibility index (Phi) is 2.99. The molecule has 1 fully saturated rings. The molecule has 3 aromatic heterocycles. The molecule has 1 saturated heterocycles. The SMILES string of the molecule is O=C1Nc2cnc(-n3ccnc3-c3cnccn3)nc2N2CCCC12. The van der Waals surface area contributed by atoms with E-state index in [2.05, 4.69) is 30.2 Å². The van der Waals surface area contributed by atoms with Crippen LogP contribution < -0.4 is 10.2 Å². The molecule has 0 bridgehead atoms. The van der Waals surface area contributed by atoms with Crippen molar-refractivity contribution in [2.45, 2.75) is 18.9 Å². The highest BCUT2D eigenvalue weighted by atomic mass is 16.2. The van der Waals surface area contributed by atoms with Crippen molar-refractivity contribution in [1.82, 2.24) is 29.5 Å². The van der Waals surface area contributed by atoms with Gasteiger partial charge >= 0.3 is 0 Å². The number of imidazole rings is 1. The van der Waals surface area contributed by atoms with Gasteiger partial charge in [0.2, 0.25) is 11.9 Å². The molecule has 2 aliphatic heterocycles. The van der Waals surface area contributed by atoms with Crippen LogP contribution in [0.15, 0.2) is 37.2 Å². The van der Waals surface area contributed by atoms with Crippen LogP contribution in [0.4, 0.5) is 11.5 Å². The lowest BCUT2D eigenvalue weighted by Crippen LogP contribution is -2.44. The predicted molar refractivity (Wildman–Crippen MR) is 89.2 cm³/mol. The predicted octanol–water partition coefficient (Wildman–Crippen LogP) is 1.04. The van der Waals surface area contributed by atoms with Crippen molar-refractivity contribution in [2.75, 3.05) is 16.8 Å². The van der Waals surface area contributed by atoms with Gasteiger partial charge in [-0.1, -0.05) is 0 Å². The van der Waals surface area contributed by atoms with Gasteiger partial charge in [-0.15, -0.1) is 0 Å². The van der Waals surface area contributed by atoms with Crippen molar-refractivity contribution < 1.29 is 4.79 Å². The van der Waals surface area contributed by atoms with Crippen LogP contribution in [-0.2, 0) is 4.79 Å². The zero-order valence-electron chi connectivity index (χ0n) is 13.2. The van der Waals surface area contributed by atoms with Crippen LogP contribution in [0.2, 0.25) is 0 Å². The fourth-order valence-electron chi connectivity index (χ4n) is 3.36. The van der Waals surface area contributed by atoms with Crippen molar-refractivity contribution in [3.05, 3.63) is 37.2 Å². The minimum atomic E-state index is -0.141. The van der Waals surface area contributed by atoms with Gasteiger partial charge < -0.3 is 10.2 Å². The van der Waals surface area contributed by atoms with Crippen molar-refractivity contribution >= 4 is 17.4 Å². The molecule has 1 amide bonds. The van der Waals surface area contributed by atoms with Gasteiger partial charge in [-0.2, -0.15) is 4.98 Å². The summed E-state index contributed by atoms with van der Waals surface area (Å²) in [5.41, 5.74) is 1.29. The Morgan fingerprint density at radius 2 is 2.08 bits per heavy atom. The second-order valence-electron chi connectivity index (χ2n) is 5.96. The van der Waals surface area contributed by atoms with Crippen LogP contribution >= 0.6 is 0 Å². The Bertz CT molecular complexity index is 954. The van der Waals surface area contributed by atoms with E-state index in [0.29, 0.717) is 23.2 Å². The lowest BCUT2D eigenvalue weighted by atomic mass is 10.1. The first-order valence-electron chi connectivity index (χ1n) is 8.06. The molecule has 5 heterocycles. The summed E-state index contributed by atoms with van der Waals surface area (Å²) < 4.78 is 1.77. The molecule has 25 heavy (non-hydrogen) atoms.